The van der Waals surface area contributed by atoms with Gasteiger partial charge in [0.2, 0.25) is 11.8 Å². The number of para-hydroxylation sites is 2. The lowest BCUT2D eigenvalue weighted by Gasteiger charge is -2.34. The van der Waals surface area contributed by atoms with Crippen LogP contribution < -0.4 is 21.4 Å². The van der Waals surface area contributed by atoms with Gasteiger partial charge in [-0.1, -0.05) is 18.2 Å². The average molecular weight is 524 g/mol. The Balaban J connectivity index is 1.49. The number of benzene rings is 2. The van der Waals surface area contributed by atoms with E-state index in [9.17, 15) is 9.90 Å². The second-order valence-corrected chi connectivity index (χ2v) is 8.37. The summed E-state index contributed by atoms with van der Waals surface area (Å²) in [5.41, 5.74) is 13.1. The number of carbonyl (C=O) groups excluding carboxylic acids is 1. The van der Waals surface area contributed by atoms with Gasteiger partial charge in [-0.25, -0.2) is 20.0 Å². The van der Waals surface area contributed by atoms with Crippen LogP contribution in [0.25, 0.3) is 0 Å². The van der Waals surface area contributed by atoms with Crippen LogP contribution in [-0.2, 0) is 0 Å². The first kappa shape index (κ1) is 23.2. The maximum atomic E-state index is 13.1. The Morgan fingerprint density at radius 1 is 1.00 bits per heavy atom. The van der Waals surface area contributed by atoms with E-state index < -0.39 is 0 Å². The number of hydrogen-bond acceptors (Lipinski definition) is 6. The smallest absolute Gasteiger partial charge is 0.313 e. The summed E-state index contributed by atoms with van der Waals surface area (Å²) in [6.45, 7) is 2.13. The maximum absolute atomic E-state index is 13.1. The van der Waals surface area contributed by atoms with E-state index in [-0.39, 0.29) is 34.6 Å². The highest BCUT2D eigenvalue weighted by Crippen LogP contribution is 2.31. The Kier molecular flexibility index (Phi) is 7.02. The standard InChI is InChI=1S/C23H23BrN8O2/c24-16-6-1-2-7-17(16)29-20(25)21(26)30-18-8-3-5-15(19(18)33)22(34)31-11-13-32(14-12-31)23-27-9-4-10-28-23/h1-10,33H,11-14H2,(H2,25,29)(H2,26,30)/p+1. The fraction of sp³-hybridized carbons (Fsp3) is 0.174. The van der Waals surface area contributed by atoms with Crippen LogP contribution in [0.3, 0.4) is 0 Å². The van der Waals surface area contributed by atoms with E-state index in [1.54, 1.807) is 41.6 Å². The van der Waals surface area contributed by atoms with Gasteiger partial charge in [-0.2, -0.15) is 0 Å². The summed E-state index contributed by atoms with van der Waals surface area (Å²) in [5, 5.41) is 10.8. The number of aliphatic imine (C=N–C) groups is 1. The van der Waals surface area contributed by atoms with Crippen molar-refractivity contribution in [3.63, 3.8) is 0 Å². The molecule has 0 spiro atoms. The van der Waals surface area contributed by atoms with Crippen LogP contribution in [0, 0.1) is 0 Å². The normalized spacial score (nSPS) is 14.9. The van der Waals surface area contributed by atoms with Gasteiger partial charge in [0.25, 0.3) is 5.91 Å². The first-order valence-corrected chi connectivity index (χ1v) is 11.3. The number of rotatable bonds is 4. The number of nitrogens with zero attached hydrogens (tertiary/aromatic N) is 5. The molecule has 0 bridgehead atoms. The molecular formula is C23H24BrN8O2+. The van der Waals surface area contributed by atoms with E-state index in [1.165, 1.54) is 0 Å². The Labute approximate surface area is 204 Å². The SMILES string of the molecule is NC(=Nc1cccc(C(=O)N2CCN(c3ncccn3)CC2)c1O)C(N)=[NH+]c1ccccc1Br. The minimum atomic E-state index is -0.287. The van der Waals surface area contributed by atoms with Crippen LogP contribution in [0.5, 0.6) is 5.75 Å². The predicted molar refractivity (Wildman–Crippen MR) is 133 cm³/mol. The highest BCUT2D eigenvalue weighted by atomic mass is 79.9. The summed E-state index contributed by atoms with van der Waals surface area (Å²) in [5.74, 6) is 0.187. The largest absolute Gasteiger partial charge is 0.505 e. The van der Waals surface area contributed by atoms with Gasteiger partial charge >= 0.3 is 5.84 Å². The van der Waals surface area contributed by atoms with Gasteiger partial charge in [-0.3, -0.25) is 10.5 Å². The van der Waals surface area contributed by atoms with E-state index >= 15 is 0 Å². The summed E-state index contributed by atoms with van der Waals surface area (Å²) in [6, 6.07) is 13.9. The van der Waals surface area contributed by atoms with Gasteiger partial charge in [0.1, 0.15) is 11.4 Å². The summed E-state index contributed by atoms with van der Waals surface area (Å²) < 4.78 is 0.806. The molecular weight excluding hydrogens is 500 g/mol. The zero-order chi connectivity index (χ0) is 24.1. The number of aromatic nitrogens is 2. The molecule has 0 unspecified atom stereocenters. The Morgan fingerprint density at radius 2 is 1.71 bits per heavy atom. The van der Waals surface area contributed by atoms with Gasteiger partial charge in [0.15, 0.2) is 5.75 Å². The number of piperazine rings is 1. The van der Waals surface area contributed by atoms with Crippen molar-refractivity contribution in [1.82, 2.24) is 14.9 Å². The van der Waals surface area contributed by atoms with E-state index in [1.807, 2.05) is 29.2 Å². The number of aromatic hydroxyl groups is 1. The molecule has 1 aromatic heterocycles. The highest BCUT2D eigenvalue weighted by molar-refractivity contribution is 9.10. The molecule has 0 radical (unpaired) electrons. The molecule has 0 saturated carbocycles. The van der Waals surface area contributed by atoms with Crippen molar-refractivity contribution in [2.45, 2.75) is 0 Å². The third kappa shape index (κ3) is 5.15. The molecule has 1 aliphatic rings. The Hall–Kier alpha value is -3.99. The van der Waals surface area contributed by atoms with Gasteiger partial charge in [0, 0.05) is 38.6 Å². The zero-order valence-corrected chi connectivity index (χ0v) is 19.8. The minimum absolute atomic E-state index is 0.0212. The fourth-order valence-corrected chi connectivity index (χ4v) is 3.87. The number of amides is 1. The molecule has 1 amide bonds. The third-order valence-corrected chi connectivity index (χ3v) is 6.00. The lowest BCUT2D eigenvalue weighted by atomic mass is 10.1. The first-order valence-electron chi connectivity index (χ1n) is 10.6. The van der Waals surface area contributed by atoms with Crippen molar-refractivity contribution in [2.75, 3.05) is 31.1 Å². The van der Waals surface area contributed by atoms with E-state index in [0.717, 1.165) is 4.47 Å². The second kappa shape index (κ2) is 10.3. The van der Waals surface area contributed by atoms with Crippen LogP contribution in [0.1, 0.15) is 10.4 Å². The van der Waals surface area contributed by atoms with Crippen LogP contribution >= 0.6 is 15.9 Å². The van der Waals surface area contributed by atoms with Crippen molar-refractivity contribution in [3.8, 4) is 5.75 Å². The predicted octanol–water partition coefficient (Wildman–Crippen LogP) is 0.665. The van der Waals surface area contributed by atoms with Crippen molar-refractivity contribution in [1.29, 1.82) is 0 Å². The molecule has 1 fully saturated rings. The van der Waals surface area contributed by atoms with Crippen LogP contribution in [0.15, 0.2) is 70.4 Å². The molecule has 10 nitrogen and oxygen atoms in total. The number of nitrogens with two attached hydrogens (primary N) is 2. The number of phenolic OH excluding ortho intramolecular Hbond substituents is 1. The number of phenols is 1. The molecule has 174 valence electrons. The van der Waals surface area contributed by atoms with Crippen molar-refractivity contribution in [2.24, 2.45) is 16.5 Å². The minimum Gasteiger partial charge on any atom is -0.505 e. The van der Waals surface area contributed by atoms with Crippen LogP contribution in [-0.4, -0.2) is 63.7 Å². The molecule has 1 saturated heterocycles. The molecule has 0 atom stereocenters. The van der Waals surface area contributed by atoms with Crippen LogP contribution in [0.2, 0.25) is 0 Å². The monoisotopic (exact) mass is 523 g/mol. The summed E-state index contributed by atoms with van der Waals surface area (Å²) in [7, 11) is 0. The molecule has 4 rings (SSSR count). The number of nitrogens with one attached hydrogen (secondary N) is 1. The third-order valence-electron chi connectivity index (χ3n) is 5.31. The molecule has 0 aliphatic carbocycles. The molecule has 3 aromatic rings. The second-order valence-electron chi connectivity index (χ2n) is 7.52. The lowest BCUT2D eigenvalue weighted by Crippen LogP contribution is -2.72. The van der Waals surface area contributed by atoms with E-state index in [2.05, 4.69) is 35.9 Å². The van der Waals surface area contributed by atoms with E-state index in [0.29, 0.717) is 37.8 Å². The zero-order valence-electron chi connectivity index (χ0n) is 18.2. The topological polar surface area (TPSA) is 148 Å². The number of carbonyl (C=O) groups is 1. The fourth-order valence-electron chi connectivity index (χ4n) is 3.49. The number of anilines is 1. The molecule has 6 N–H and O–H groups in total. The molecule has 34 heavy (non-hydrogen) atoms. The van der Waals surface area contributed by atoms with Crippen molar-refractivity contribution in [3.05, 3.63) is 71.0 Å². The van der Waals surface area contributed by atoms with Gasteiger partial charge in [-0.15, -0.1) is 0 Å². The van der Waals surface area contributed by atoms with Gasteiger partial charge < -0.3 is 20.6 Å². The Bertz CT molecular complexity index is 1240. The molecule has 1 aliphatic heterocycles. The number of amidine groups is 2. The summed E-state index contributed by atoms with van der Waals surface area (Å²) >= 11 is 3.43. The van der Waals surface area contributed by atoms with Gasteiger partial charge in [0.05, 0.1) is 10.0 Å². The van der Waals surface area contributed by atoms with Crippen molar-refractivity contribution >= 4 is 50.8 Å². The Morgan fingerprint density at radius 3 is 2.41 bits per heavy atom. The maximum Gasteiger partial charge on any atom is 0.313 e. The van der Waals surface area contributed by atoms with Crippen LogP contribution in [0.4, 0.5) is 17.3 Å². The lowest BCUT2D eigenvalue weighted by molar-refractivity contribution is -0.353. The number of halogens is 1. The summed E-state index contributed by atoms with van der Waals surface area (Å²) in [6.07, 6.45) is 3.38. The molecule has 11 heteroatoms. The van der Waals surface area contributed by atoms with E-state index in [4.69, 9.17) is 11.5 Å². The molecule has 2 heterocycles. The molecule has 2 aromatic carbocycles. The number of hydrogen-bond donors (Lipinski definition) is 4. The first-order chi connectivity index (χ1) is 16.4. The van der Waals surface area contributed by atoms with Gasteiger partial charge in [-0.05, 0) is 46.3 Å². The summed E-state index contributed by atoms with van der Waals surface area (Å²) in [4.78, 5) is 32.5. The van der Waals surface area contributed by atoms with Crippen molar-refractivity contribution < 1.29 is 14.9 Å². The highest BCUT2D eigenvalue weighted by Gasteiger charge is 2.26. The quantitative estimate of drug-likeness (QED) is 0.290. The average Bonchev–Trinajstić information content (AvgIpc) is 2.87.